The van der Waals surface area contributed by atoms with Crippen molar-refractivity contribution in [1.29, 1.82) is 0 Å². The van der Waals surface area contributed by atoms with Gasteiger partial charge in [0, 0.05) is 19.1 Å². The molecule has 3 atom stereocenters. The van der Waals surface area contributed by atoms with Crippen LogP contribution in [0.5, 0.6) is 0 Å². The normalized spacial score (nSPS) is 29.9. The predicted molar refractivity (Wildman–Crippen MR) is 80.5 cm³/mol. The van der Waals surface area contributed by atoms with Gasteiger partial charge in [-0.05, 0) is 42.7 Å². The first kappa shape index (κ1) is 13.6. The third-order valence-corrected chi connectivity index (χ3v) is 4.95. The van der Waals surface area contributed by atoms with Gasteiger partial charge in [-0.3, -0.25) is 4.79 Å². The number of nitrogens with two attached hydrogens (primary N) is 1. The number of aryl methyl sites for hydroxylation is 1. The minimum absolute atomic E-state index is 0.0708. The highest BCUT2D eigenvalue weighted by Crippen LogP contribution is 2.33. The van der Waals surface area contributed by atoms with E-state index < -0.39 is 0 Å². The standard InChI is InChI=1S/C17H24N2O/c1-12-11-19(10-9-16(12)18)17(20)15-8-4-6-13-5-2-3-7-14(13)15/h2-3,5,7,12,15-16H,4,6,8-11,18H2,1H3. The molecule has 0 aromatic heterocycles. The van der Waals surface area contributed by atoms with E-state index in [1.54, 1.807) is 0 Å². The monoisotopic (exact) mass is 272 g/mol. The van der Waals surface area contributed by atoms with Crippen LogP contribution in [0.1, 0.15) is 43.2 Å². The van der Waals surface area contributed by atoms with E-state index in [9.17, 15) is 4.79 Å². The number of benzene rings is 1. The van der Waals surface area contributed by atoms with Crippen molar-refractivity contribution in [3.63, 3.8) is 0 Å². The Balaban J connectivity index is 1.78. The van der Waals surface area contributed by atoms with Crippen molar-refractivity contribution in [3.05, 3.63) is 35.4 Å². The van der Waals surface area contributed by atoms with Crippen molar-refractivity contribution in [2.24, 2.45) is 11.7 Å². The van der Waals surface area contributed by atoms with E-state index in [0.29, 0.717) is 11.8 Å². The van der Waals surface area contributed by atoms with Crippen molar-refractivity contribution >= 4 is 5.91 Å². The second-order valence-corrected chi connectivity index (χ2v) is 6.36. The first-order chi connectivity index (χ1) is 9.66. The maximum atomic E-state index is 12.9. The SMILES string of the molecule is CC1CN(C(=O)C2CCCc3ccccc32)CCC1N. The number of fused-ring (bicyclic) bond motifs is 1. The number of carbonyl (C=O) groups excluding carboxylic acids is 1. The summed E-state index contributed by atoms with van der Waals surface area (Å²) in [7, 11) is 0. The Morgan fingerprint density at radius 3 is 2.90 bits per heavy atom. The van der Waals surface area contributed by atoms with Crippen LogP contribution >= 0.6 is 0 Å². The number of rotatable bonds is 1. The molecule has 3 nitrogen and oxygen atoms in total. The lowest BCUT2D eigenvalue weighted by molar-refractivity contribution is -0.135. The molecule has 0 saturated carbocycles. The summed E-state index contributed by atoms with van der Waals surface area (Å²) in [6.07, 6.45) is 4.16. The summed E-state index contributed by atoms with van der Waals surface area (Å²) < 4.78 is 0. The molecular formula is C17H24N2O. The topological polar surface area (TPSA) is 46.3 Å². The van der Waals surface area contributed by atoms with E-state index in [2.05, 4.69) is 31.2 Å². The second-order valence-electron chi connectivity index (χ2n) is 6.36. The van der Waals surface area contributed by atoms with Crippen LogP contribution in [-0.4, -0.2) is 29.9 Å². The highest BCUT2D eigenvalue weighted by molar-refractivity contribution is 5.84. The number of carbonyl (C=O) groups is 1. The zero-order valence-electron chi connectivity index (χ0n) is 12.2. The molecule has 2 N–H and O–H groups in total. The average Bonchev–Trinajstić information content (AvgIpc) is 2.49. The average molecular weight is 272 g/mol. The Morgan fingerprint density at radius 1 is 1.30 bits per heavy atom. The zero-order chi connectivity index (χ0) is 14.1. The fourth-order valence-corrected chi connectivity index (χ4v) is 3.59. The molecule has 3 unspecified atom stereocenters. The van der Waals surface area contributed by atoms with Gasteiger partial charge in [0.2, 0.25) is 5.91 Å². The minimum Gasteiger partial charge on any atom is -0.342 e. The Kier molecular flexibility index (Phi) is 3.79. The summed E-state index contributed by atoms with van der Waals surface area (Å²) in [5, 5.41) is 0. The van der Waals surface area contributed by atoms with Gasteiger partial charge in [-0.2, -0.15) is 0 Å². The lowest BCUT2D eigenvalue weighted by Crippen LogP contribution is -2.49. The molecular weight excluding hydrogens is 248 g/mol. The molecule has 108 valence electrons. The summed E-state index contributed by atoms with van der Waals surface area (Å²) in [4.78, 5) is 14.9. The molecule has 3 rings (SSSR count). The summed E-state index contributed by atoms with van der Waals surface area (Å²) in [5.74, 6) is 0.795. The van der Waals surface area contributed by atoms with E-state index in [-0.39, 0.29) is 12.0 Å². The van der Waals surface area contributed by atoms with Gasteiger partial charge in [-0.25, -0.2) is 0 Å². The largest absolute Gasteiger partial charge is 0.342 e. The summed E-state index contributed by atoms with van der Waals surface area (Å²) in [6, 6.07) is 8.68. The van der Waals surface area contributed by atoms with E-state index in [1.165, 1.54) is 11.1 Å². The van der Waals surface area contributed by atoms with E-state index >= 15 is 0 Å². The zero-order valence-corrected chi connectivity index (χ0v) is 12.2. The van der Waals surface area contributed by atoms with Crippen LogP contribution < -0.4 is 5.73 Å². The highest BCUT2D eigenvalue weighted by Gasteiger charge is 2.33. The molecule has 1 aromatic carbocycles. The smallest absolute Gasteiger partial charge is 0.230 e. The van der Waals surface area contributed by atoms with Gasteiger partial charge in [0.15, 0.2) is 0 Å². The van der Waals surface area contributed by atoms with Crippen molar-refractivity contribution in [3.8, 4) is 0 Å². The lowest BCUT2D eigenvalue weighted by Gasteiger charge is -2.38. The van der Waals surface area contributed by atoms with Crippen molar-refractivity contribution < 1.29 is 4.79 Å². The molecule has 1 aliphatic heterocycles. The molecule has 0 bridgehead atoms. The predicted octanol–water partition coefficient (Wildman–Crippen LogP) is 2.30. The molecule has 1 aliphatic carbocycles. The van der Waals surface area contributed by atoms with E-state index in [0.717, 1.165) is 38.8 Å². The Morgan fingerprint density at radius 2 is 2.10 bits per heavy atom. The molecule has 1 amide bonds. The van der Waals surface area contributed by atoms with Gasteiger partial charge >= 0.3 is 0 Å². The molecule has 1 heterocycles. The lowest BCUT2D eigenvalue weighted by atomic mass is 9.81. The molecule has 1 saturated heterocycles. The highest BCUT2D eigenvalue weighted by atomic mass is 16.2. The van der Waals surface area contributed by atoms with Gasteiger partial charge in [0.25, 0.3) is 0 Å². The molecule has 1 aromatic rings. The third-order valence-electron chi connectivity index (χ3n) is 4.95. The van der Waals surface area contributed by atoms with Crippen molar-refractivity contribution in [2.75, 3.05) is 13.1 Å². The number of amides is 1. The van der Waals surface area contributed by atoms with Gasteiger partial charge in [0.1, 0.15) is 0 Å². The molecule has 20 heavy (non-hydrogen) atoms. The fourth-order valence-electron chi connectivity index (χ4n) is 3.59. The fraction of sp³-hybridized carbons (Fsp3) is 0.588. The van der Waals surface area contributed by atoms with Crippen LogP contribution in [0.2, 0.25) is 0 Å². The van der Waals surface area contributed by atoms with Crippen molar-refractivity contribution in [2.45, 2.75) is 44.6 Å². The maximum absolute atomic E-state index is 12.9. The Bertz CT molecular complexity index is 500. The van der Waals surface area contributed by atoms with Crippen LogP contribution in [0.15, 0.2) is 24.3 Å². The number of nitrogens with zero attached hydrogens (tertiary/aromatic N) is 1. The van der Waals surface area contributed by atoms with Crippen LogP contribution in [0.4, 0.5) is 0 Å². The number of hydrogen-bond acceptors (Lipinski definition) is 2. The summed E-state index contributed by atoms with van der Waals surface area (Å²) >= 11 is 0. The summed E-state index contributed by atoms with van der Waals surface area (Å²) in [5.41, 5.74) is 8.67. The van der Waals surface area contributed by atoms with Crippen LogP contribution in [0.3, 0.4) is 0 Å². The maximum Gasteiger partial charge on any atom is 0.230 e. The van der Waals surface area contributed by atoms with Crippen LogP contribution in [-0.2, 0) is 11.2 Å². The van der Waals surface area contributed by atoms with Gasteiger partial charge < -0.3 is 10.6 Å². The minimum atomic E-state index is 0.0708. The van der Waals surface area contributed by atoms with Crippen LogP contribution in [0.25, 0.3) is 0 Å². The van der Waals surface area contributed by atoms with E-state index in [1.807, 2.05) is 4.90 Å². The van der Waals surface area contributed by atoms with Gasteiger partial charge in [-0.15, -0.1) is 0 Å². The van der Waals surface area contributed by atoms with Gasteiger partial charge in [-0.1, -0.05) is 31.2 Å². The molecule has 1 fully saturated rings. The molecule has 0 spiro atoms. The first-order valence-corrected chi connectivity index (χ1v) is 7.79. The summed E-state index contributed by atoms with van der Waals surface area (Å²) in [6.45, 7) is 3.79. The third kappa shape index (κ3) is 2.47. The quantitative estimate of drug-likeness (QED) is 0.852. The molecule has 3 heteroatoms. The van der Waals surface area contributed by atoms with E-state index in [4.69, 9.17) is 5.73 Å². The van der Waals surface area contributed by atoms with Crippen LogP contribution in [0, 0.1) is 5.92 Å². The Hall–Kier alpha value is -1.35. The number of piperidine rings is 1. The number of hydrogen-bond donors (Lipinski definition) is 1. The van der Waals surface area contributed by atoms with Crippen molar-refractivity contribution in [1.82, 2.24) is 4.90 Å². The molecule has 2 aliphatic rings. The van der Waals surface area contributed by atoms with Gasteiger partial charge in [0.05, 0.1) is 5.92 Å². The Labute approximate surface area is 121 Å². The second kappa shape index (κ2) is 5.57. The molecule has 0 radical (unpaired) electrons. The number of likely N-dealkylation sites (tertiary alicyclic amines) is 1. The first-order valence-electron chi connectivity index (χ1n) is 7.79.